The molecule has 2 aromatic heterocycles. The van der Waals surface area contributed by atoms with Gasteiger partial charge in [0.2, 0.25) is 0 Å². The van der Waals surface area contributed by atoms with E-state index < -0.39 is 0 Å². The molecular weight excluding hydrogens is 865 g/mol. The van der Waals surface area contributed by atoms with Crippen molar-refractivity contribution in [3.05, 3.63) is 155 Å². The predicted molar refractivity (Wildman–Crippen MR) is 286 cm³/mol. The first-order valence-electron chi connectivity index (χ1n) is 25.9. The summed E-state index contributed by atoms with van der Waals surface area (Å²) in [5.41, 5.74) is 8.32. The van der Waals surface area contributed by atoms with Crippen LogP contribution in [0.4, 0.5) is 0 Å². The lowest BCUT2D eigenvalue weighted by atomic mass is 9.96. The van der Waals surface area contributed by atoms with Crippen LogP contribution in [-0.2, 0) is 13.1 Å². The minimum Gasteiger partial charge on any atom is -0.339 e. The van der Waals surface area contributed by atoms with Gasteiger partial charge in [0.15, 0.2) is 0 Å². The van der Waals surface area contributed by atoms with E-state index in [1.807, 2.05) is 60.3 Å². The van der Waals surface area contributed by atoms with Crippen LogP contribution in [0.1, 0.15) is 109 Å². The van der Waals surface area contributed by atoms with Crippen molar-refractivity contribution in [2.24, 2.45) is 0 Å². The standard InChI is InChI=1S/C31H36N4O.C29H34N4O/c1-22-32-29-13-7-8-14-30(29)35(22)21-23-15-16-28(27-12-6-5-11-26(23)27)31(36)33(2)24-17-19-34(20-18-24)25-9-3-4-10-25;1-20(2)32-17-15-23(16-18-32)31(4)29(34)26-14-13-22(24-9-5-6-10-25(24)26)19-33-21(3)30-27-11-7-8-12-28(27)33/h5-8,11-16,24-25H,3-4,9-10,17-21H2,1-2H3;5-14,20,23H,15-19H2,1-4H3. The van der Waals surface area contributed by atoms with Crippen molar-refractivity contribution >= 4 is 55.4 Å². The van der Waals surface area contributed by atoms with Crippen LogP contribution in [0.5, 0.6) is 0 Å². The van der Waals surface area contributed by atoms with Crippen molar-refractivity contribution in [2.75, 3.05) is 40.3 Å². The second kappa shape index (κ2) is 20.5. The molecule has 0 spiro atoms. The molecule has 70 heavy (non-hydrogen) atoms. The molecule has 362 valence electrons. The SMILES string of the molecule is Cc1nc2ccccc2n1Cc1ccc(C(=O)N(C)C2CCN(C(C)C)CC2)c2ccccc12.Cc1nc2ccccc2n1Cc1ccc(C(=O)N(C)C2CCN(C3CCCC3)CC2)c2ccccc12. The zero-order valence-electron chi connectivity index (χ0n) is 42.2. The number of benzene rings is 6. The van der Waals surface area contributed by atoms with E-state index in [2.05, 4.69) is 132 Å². The van der Waals surface area contributed by atoms with Gasteiger partial charge in [-0.1, -0.05) is 97.8 Å². The summed E-state index contributed by atoms with van der Waals surface area (Å²) in [6, 6.07) is 43.5. The van der Waals surface area contributed by atoms with E-state index in [0.29, 0.717) is 18.1 Å². The van der Waals surface area contributed by atoms with E-state index in [1.165, 1.54) is 36.8 Å². The summed E-state index contributed by atoms with van der Waals surface area (Å²) in [7, 11) is 3.98. The molecule has 10 heteroatoms. The van der Waals surface area contributed by atoms with E-state index in [4.69, 9.17) is 9.97 Å². The zero-order chi connectivity index (χ0) is 48.5. The van der Waals surface area contributed by atoms with Gasteiger partial charge in [0.05, 0.1) is 22.1 Å². The number of fused-ring (bicyclic) bond motifs is 4. The van der Waals surface area contributed by atoms with Crippen LogP contribution < -0.4 is 0 Å². The fourth-order valence-corrected chi connectivity index (χ4v) is 11.9. The molecule has 0 atom stereocenters. The molecule has 1 aliphatic carbocycles. The highest BCUT2D eigenvalue weighted by Crippen LogP contribution is 2.32. The van der Waals surface area contributed by atoms with Crippen LogP contribution in [0.25, 0.3) is 43.6 Å². The zero-order valence-corrected chi connectivity index (χ0v) is 42.2. The van der Waals surface area contributed by atoms with Crippen LogP contribution >= 0.6 is 0 Å². The highest BCUT2D eigenvalue weighted by atomic mass is 16.2. The largest absolute Gasteiger partial charge is 0.339 e. The van der Waals surface area contributed by atoms with Gasteiger partial charge in [-0.25, -0.2) is 9.97 Å². The third-order valence-corrected chi connectivity index (χ3v) is 16.1. The van der Waals surface area contributed by atoms with Crippen LogP contribution in [0, 0.1) is 13.8 Å². The Morgan fingerprint density at radius 1 is 0.529 bits per heavy atom. The highest BCUT2D eigenvalue weighted by Gasteiger charge is 2.32. The van der Waals surface area contributed by atoms with Gasteiger partial charge in [0.25, 0.3) is 11.8 Å². The molecule has 3 aliphatic rings. The molecule has 0 N–H and O–H groups in total. The fraction of sp³-hybridized carbons (Fsp3) is 0.400. The van der Waals surface area contributed by atoms with Crippen molar-refractivity contribution in [1.82, 2.24) is 38.7 Å². The number of carbonyl (C=O) groups excluding carboxylic acids is 2. The maximum atomic E-state index is 13.7. The van der Waals surface area contributed by atoms with Crippen molar-refractivity contribution in [3.8, 4) is 0 Å². The summed E-state index contributed by atoms with van der Waals surface area (Å²) in [6.45, 7) is 14.4. The molecule has 6 aromatic carbocycles. The Morgan fingerprint density at radius 3 is 1.37 bits per heavy atom. The quantitative estimate of drug-likeness (QED) is 0.136. The third kappa shape index (κ3) is 9.48. The molecule has 3 fully saturated rings. The Bertz CT molecular complexity index is 3150. The van der Waals surface area contributed by atoms with Gasteiger partial charge in [-0.2, -0.15) is 0 Å². The molecule has 4 heterocycles. The summed E-state index contributed by atoms with van der Waals surface area (Å²) in [5, 5.41) is 4.34. The number of amides is 2. The molecule has 2 aliphatic heterocycles. The molecule has 2 amide bonds. The van der Waals surface area contributed by atoms with Gasteiger partial charge in [0.1, 0.15) is 11.6 Å². The summed E-state index contributed by atoms with van der Waals surface area (Å²) in [6.07, 6.45) is 9.67. The van der Waals surface area contributed by atoms with Gasteiger partial charge in [0, 0.05) is 88.7 Å². The average Bonchev–Trinajstić information content (AvgIpc) is 4.13. The minimum atomic E-state index is 0.120. The first kappa shape index (κ1) is 47.3. The van der Waals surface area contributed by atoms with E-state index in [-0.39, 0.29) is 11.8 Å². The Balaban J connectivity index is 0.000000162. The molecule has 2 saturated heterocycles. The van der Waals surface area contributed by atoms with Gasteiger partial charge < -0.3 is 28.7 Å². The van der Waals surface area contributed by atoms with E-state index in [0.717, 1.165) is 137 Å². The smallest absolute Gasteiger partial charge is 0.254 e. The van der Waals surface area contributed by atoms with Crippen LogP contribution in [0.2, 0.25) is 0 Å². The van der Waals surface area contributed by atoms with E-state index in [1.54, 1.807) is 0 Å². The van der Waals surface area contributed by atoms with Crippen molar-refractivity contribution in [3.63, 3.8) is 0 Å². The average molecular weight is 935 g/mol. The topological polar surface area (TPSA) is 82.7 Å². The Labute approximate surface area is 413 Å². The first-order chi connectivity index (χ1) is 34.0. The monoisotopic (exact) mass is 935 g/mol. The number of piperidine rings is 2. The summed E-state index contributed by atoms with van der Waals surface area (Å²) < 4.78 is 4.52. The first-order valence-corrected chi connectivity index (χ1v) is 25.9. The fourth-order valence-electron chi connectivity index (χ4n) is 11.9. The van der Waals surface area contributed by atoms with Crippen LogP contribution in [0.3, 0.4) is 0 Å². The lowest BCUT2D eigenvalue weighted by Crippen LogP contribution is -2.48. The molecule has 11 rings (SSSR count). The number of aromatic nitrogens is 4. The second-order valence-corrected chi connectivity index (χ2v) is 20.5. The molecule has 0 unspecified atom stereocenters. The number of likely N-dealkylation sites (tertiary alicyclic amines) is 2. The summed E-state index contributed by atoms with van der Waals surface area (Å²) in [4.78, 5) is 46.0. The van der Waals surface area contributed by atoms with Crippen molar-refractivity contribution in [1.29, 1.82) is 0 Å². The minimum absolute atomic E-state index is 0.120. The number of aryl methyl sites for hydroxylation is 2. The third-order valence-electron chi connectivity index (χ3n) is 16.1. The van der Waals surface area contributed by atoms with Crippen LogP contribution in [-0.4, -0.2) is 115 Å². The van der Waals surface area contributed by atoms with E-state index in [9.17, 15) is 9.59 Å². The molecule has 10 nitrogen and oxygen atoms in total. The van der Waals surface area contributed by atoms with Gasteiger partial charge in [-0.05, 0) is 135 Å². The Morgan fingerprint density at radius 2 is 0.929 bits per heavy atom. The Kier molecular flexibility index (Phi) is 13.9. The normalized spacial score (nSPS) is 16.7. The number of rotatable bonds is 10. The number of hydrogen-bond acceptors (Lipinski definition) is 6. The highest BCUT2D eigenvalue weighted by molar-refractivity contribution is 6.09. The van der Waals surface area contributed by atoms with Gasteiger partial charge in [-0.15, -0.1) is 0 Å². The summed E-state index contributed by atoms with van der Waals surface area (Å²) >= 11 is 0. The van der Waals surface area contributed by atoms with Gasteiger partial charge >= 0.3 is 0 Å². The lowest BCUT2D eigenvalue weighted by Gasteiger charge is -2.39. The van der Waals surface area contributed by atoms with Crippen molar-refractivity contribution < 1.29 is 9.59 Å². The number of hydrogen-bond donors (Lipinski definition) is 0. The number of para-hydroxylation sites is 4. The maximum absolute atomic E-state index is 13.7. The second-order valence-electron chi connectivity index (χ2n) is 20.5. The van der Waals surface area contributed by atoms with Gasteiger partial charge in [-0.3, -0.25) is 9.59 Å². The van der Waals surface area contributed by atoms with E-state index >= 15 is 0 Å². The maximum Gasteiger partial charge on any atom is 0.254 e. The molecule has 1 saturated carbocycles. The number of carbonyl (C=O) groups is 2. The number of nitrogens with zero attached hydrogens (tertiary/aromatic N) is 8. The van der Waals surface area contributed by atoms with Crippen LogP contribution in [0.15, 0.2) is 121 Å². The Hall–Kier alpha value is -6.36. The molecule has 0 radical (unpaired) electrons. The molecular formula is C60H70N8O2. The number of imidazole rings is 2. The predicted octanol–water partition coefficient (Wildman–Crippen LogP) is 11.5. The molecule has 0 bridgehead atoms. The lowest BCUT2D eigenvalue weighted by molar-refractivity contribution is 0.0598. The van der Waals surface area contributed by atoms with Crippen molar-refractivity contribution in [2.45, 2.75) is 116 Å². The molecule has 8 aromatic rings. The summed E-state index contributed by atoms with van der Waals surface area (Å²) in [5.74, 6) is 2.26.